The van der Waals surface area contributed by atoms with Crippen LogP contribution in [-0.2, 0) is 7.05 Å². The minimum Gasteiger partial charge on any atom is -0.396 e. The average molecular weight is 293 g/mol. The summed E-state index contributed by atoms with van der Waals surface area (Å²) in [6.45, 7) is 4.47. The molecule has 0 saturated heterocycles. The molecule has 1 fully saturated rings. The lowest BCUT2D eigenvalue weighted by molar-refractivity contribution is 0.0646. The standard InChI is InChI=1S/C16H27N3O2/c1-11(2)15-9-14(17-19(15)4)16(21)18(3)13-7-5-12(10-20)6-8-13/h9,11-13,20H,5-8,10H2,1-4H3. The van der Waals surface area contributed by atoms with Gasteiger partial charge in [0, 0.05) is 32.4 Å². The Labute approximate surface area is 126 Å². The third kappa shape index (κ3) is 3.46. The van der Waals surface area contributed by atoms with Crippen molar-refractivity contribution in [3.05, 3.63) is 17.5 Å². The molecule has 118 valence electrons. The number of aliphatic hydroxyl groups excluding tert-OH is 1. The van der Waals surface area contributed by atoms with Gasteiger partial charge in [-0.3, -0.25) is 9.48 Å². The highest BCUT2D eigenvalue weighted by Gasteiger charge is 2.28. The van der Waals surface area contributed by atoms with Gasteiger partial charge in [-0.1, -0.05) is 13.8 Å². The van der Waals surface area contributed by atoms with Gasteiger partial charge < -0.3 is 10.0 Å². The Morgan fingerprint density at radius 3 is 2.52 bits per heavy atom. The summed E-state index contributed by atoms with van der Waals surface area (Å²) < 4.78 is 1.80. The van der Waals surface area contributed by atoms with Gasteiger partial charge in [-0.25, -0.2) is 0 Å². The average Bonchev–Trinajstić information content (AvgIpc) is 2.88. The first-order chi connectivity index (χ1) is 9.93. The molecule has 0 atom stereocenters. The monoisotopic (exact) mass is 293 g/mol. The molecule has 0 aromatic carbocycles. The molecule has 1 aromatic rings. The largest absolute Gasteiger partial charge is 0.396 e. The number of nitrogens with zero attached hydrogens (tertiary/aromatic N) is 3. The van der Waals surface area contributed by atoms with E-state index in [1.165, 1.54) is 0 Å². The lowest BCUT2D eigenvalue weighted by Crippen LogP contribution is -2.40. The minimum atomic E-state index is 0.00458. The van der Waals surface area contributed by atoms with Crippen molar-refractivity contribution in [2.75, 3.05) is 13.7 Å². The van der Waals surface area contributed by atoms with Gasteiger partial charge in [-0.05, 0) is 43.6 Å². The number of hydrogen-bond acceptors (Lipinski definition) is 3. The smallest absolute Gasteiger partial charge is 0.274 e. The Hall–Kier alpha value is -1.36. The molecule has 5 nitrogen and oxygen atoms in total. The number of amides is 1. The highest BCUT2D eigenvalue weighted by molar-refractivity contribution is 5.92. The molecule has 1 aromatic heterocycles. The van der Waals surface area contributed by atoms with Crippen molar-refractivity contribution in [2.24, 2.45) is 13.0 Å². The predicted octanol–water partition coefficient (Wildman–Crippen LogP) is 2.17. The molecule has 1 saturated carbocycles. The van der Waals surface area contributed by atoms with Crippen LogP contribution in [0.5, 0.6) is 0 Å². The van der Waals surface area contributed by atoms with Crippen LogP contribution in [0, 0.1) is 5.92 Å². The predicted molar refractivity (Wildman–Crippen MR) is 82.2 cm³/mol. The van der Waals surface area contributed by atoms with Gasteiger partial charge >= 0.3 is 0 Å². The molecule has 0 radical (unpaired) electrons. The zero-order valence-electron chi connectivity index (χ0n) is 13.5. The van der Waals surface area contributed by atoms with E-state index in [9.17, 15) is 9.90 Å². The van der Waals surface area contributed by atoms with Gasteiger partial charge in [0.25, 0.3) is 5.91 Å². The van der Waals surface area contributed by atoms with Gasteiger partial charge in [0.05, 0.1) is 0 Å². The van der Waals surface area contributed by atoms with Crippen LogP contribution in [0.2, 0.25) is 0 Å². The number of carbonyl (C=O) groups is 1. The van der Waals surface area contributed by atoms with E-state index in [4.69, 9.17) is 0 Å². The van der Waals surface area contributed by atoms with Gasteiger partial charge in [0.2, 0.25) is 0 Å². The van der Waals surface area contributed by atoms with E-state index in [2.05, 4.69) is 18.9 Å². The van der Waals surface area contributed by atoms with E-state index in [0.717, 1.165) is 31.4 Å². The van der Waals surface area contributed by atoms with Gasteiger partial charge in [0.15, 0.2) is 5.69 Å². The second-order valence-electron chi connectivity index (χ2n) is 6.51. The number of rotatable bonds is 4. The summed E-state index contributed by atoms with van der Waals surface area (Å²) in [6, 6.07) is 2.17. The van der Waals surface area contributed by atoms with Crippen LogP contribution in [0.3, 0.4) is 0 Å². The Balaban J connectivity index is 2.04. The van der Waals surface area contributed by atoms with Crippen molar-refractivity contribution in [1.82, 2.24) is 14.7 Å². The van der Waals surface area contributed by atoms with Gasteiger partial charge in [-0.15, -0.1) is 0 Å². The molecule has 1 heterocycles. The molecule has 1 N–H and O–H groups in total. The van der Waals surface area contributed by atoms with Gasteiger partial charge in [-0.2, -0.15) is 5.10 Å². The maximum atomic E-state index is 12.6. The first-order valence-electron chi connectivity index (χ1n) is 7.86. The molecule has 0 bridgehead atoms. The molecular weight excluding hydrogens is 266 g/mol. The van der Waals surface area contributed by atoms with Crippen LogP contribution in [-0.4, -0.2) is 45.4 Å². The summed E-state index contributed by atoms with van der Waals surface area (Å²) in [4.78, 5) is 14.4. The van der Waals surface area contributed by atoms with Crippen LogP contribution in [0.15, 0.2) is 6.07 Å². The van der Waals surface area contributed by atoms with E-state index in [1.54, 1.807) is 4.68 Å². The van der Waals surface area contributed by atoms with Crippen LogP contribution < -0.4 is 0 Å². The molecule has 1 aliphatic carbocycles. The van der Waals surface area contributed by atoms with Crippen LogP contribution >= 0.6 is 0 Å². The number of carbonyl (C=O) groups excluding carboxylic acids is 1. The number of aryl methyl sites for hydroxylation is 1. The Bertz CT molecular complexity index is 488. The fraction of sp³-hybridized carbons (Fsp3) is 0.750. The van der Waals surface area contributed by atoms with E-state index < -0.39 is 0 Å². The van der Waals surface area contributed by atoms with E-state index in [1.807, 2.05) is 25.1 Å². The fourth-order valence-electron chi connectivity index (χ4n) is 3.19. The molecular formula is C16H27N3O2. The minimum absolute atomic E-state index is 0.00458. The SMILES string of the molecule is CC(C)c1cc(C(=O)N(C)C2CCC(CO)CC2)nn1C. The number of aromatic nitrogens is 2. The summed E-state index contributed by atoms with van der Waals surface area (Å²) >= 11 is 0. The highest BCUT2D eigenvalue weighted by atomic mass is 16.3. The summed E-state index contributed by atoms with van der Waals surface area (Å²) in [5.74, 6) is 0.770. The molecule has 5 heteroatoms. The Kier molecular flexibility index (Phi) is 5.04. The maximum Gasteiger partial charge on any atom is 0.274 e. The fourth-order valence-corrected chi connectivity index (χ4v) is 3.19. The second-order valence-corrected chi connectivity index (χ2v) is 6.51. The summed E-state index contributed by atoms with van der Waals surface area (Å²) in [6.07, 6.45) is 3.94. The summed E-state index contributed by atoms with van der Waals surface area (Å²) in [5, 5.41) is 13.6. The summed E-state index contributed by atoms with van der Waals surface area (Å²) in [5.41, 5.74) is 1.61. The van der Waals surface area contributed by atoms with Crippen molar-refractivity contribution in [1.29, 1.82) is 0 Å². The highest BCUT2D eigenvalue weighted by Crippen LogP contribution is 2.27. The lowest BCUT2D eigenvalue weighted by atomic mass is 9.86. The molecule has 2 rings (SSSR count). The molecule has 0 unspecified atom stereocenters. The zero-order chi connectivity index (χ0) is 15.6. The van der Waals surface area contributed by atoms with Crippen LogP contribution in [0.25, 0.3) is 0 Å². The molecule has 21 heavy (non-hydrogen) atoms. The molecule has 0 spiro atoms. The van der Waals surface area contributed by atoms with Crippen molar-refractivity contribution < 1.29 is 9.90 Å². The van der Waals surface area contributed by atoms with E-state index >= 15 is 0 Å². The van der Waals surface area contributed by atoms with Crippen LogP contribution in [0.4, 0.5) is 0 Å². The van der Waals surface area contributed by atoms with Crippen molar-refractivity contribution >= 4 is 5.91 Å². The Morgan fingerprint density at radius 1 is 1.43 bits per heavy atom. The van der Waals surface area contributed by atoms with Crippen molar-refractivity contribution in [3.8, 4) is 0 Å². The maximum absolute atomic E-state index is 12.6. The molecule has 1 amide bonds. The van der Waals surface area contributed by atoms with Crippen molar-refractivity contribution in [2.45, 2.75) is 51.5 Å². The second kappa shape index (κ2) is 6.60. The van der Waals surface area contributed by atoms with Gasteiger partial charge in [0.1, 0.15) is 0 Å². The summed E-state index contributed by atoms with van der Waals surface area (Å²) in [7, 11) is 3.76. The Morgan fingerprint density at radius 2 is 2.05 bits per heavy atom. The quantitative estimate of drug-likeness (QED) is 0.925. The third-order valence-corrected chi connectivity index (χ3v) is 4.67. The molecule has 0 aliphatic heterocycles. The normalized spacial score (nSPS) is 22.6. The number of aliphatic hydroxyl groups is 1. The lowest BCUT2D eigenvalue weighted by Gasteiger charge is -2.33. The van der Waals surface area contributed by atoms with E-state index in [-0.39, 0.29) is 18.6 Å². The van der Waals surface area contributed by atoms with E-state index in [0.29, 0.717) is 17.5 Å². The zero-order valence-corrected chi connectivity index (χ0v) is 13.5. The first-order valence-corrected chi connectivity index (χ1v) is 7.86. The topological polar surface area (TPSA) is 58.4 Å². The number of hydrogen-bond donors (Lipinski definition) is 1. The molecule has 1 aliphatic rings. The first kappa shape index (κ1) is 16.0. The third-order valence-electron chi connectivity index (χ3n) is 4.67. The van der Waals surface area contributed by atoms with Crippen molar-refractivity contribution in [3.63, 3.8) is 0 Å². The van der Waals surface area contributed by atoms with Crippen LogP contribution in [0.1, 0.15) is 61.6 Å².